The Hall–Kier alpha value is -1.13. The van der Waals surface area contributed by atoms with Crippen LogP contribution >= 0.6 is 12.2 Å². The quantitative estimate of drug-likeness (QED) is 0.844. The summed E-state index contributed by atoms with van der Waals surface area (Å²) < 4.78 is 0. The van der Waals surface area contributed by atoms with E-state index in [0.29, 0.717) is 0 Å². The molecule has 0 spiro atoms. The van der Waals surface area contributed by atoms with E-state index in [-0.39, 0.29) is 0 Å². The SMILES string of the molecule is S=C(Nc1ccccc1)N1CCC(N2CCCCC2)CC1. The maximum Gasteiger partial charge on any atom is 0.173 e. The molecule has 2 aliphatic heterocycles. The zero-order valence-corrected chi connectivity index (χ0v) is 13.4. The molecular weight excluding hydrogens is 278 g/mol. The second-order valence-corrected chi connectivity index (χ2v) is 6.50. The molecule has 0 aromatic heterocycles. The highest BCUT2D eigenvalue weighted by Gasteiger charge is 2.26. The van der Waals surface area contributed by atoms with E-state index in [4.69, 9.17) is 12.2 Å². The molecule has 0 aliphatic carbocycles. The third kappa shape index (κ3) is 3.95. The fourth-order valence-corrected chi connectivity index (χ4v) is 3.74. The van der Waals surface area contributed by atoms with Crippen molar-refractivity contribution in [2.45, 2.75) is 38.1 Å². The number of hydrogen-bond acceptors (Lipinski definition) is 2. The first-order chi connectivity index (χ1) is 10.3. The fraction of sp³-hybridized carbons (Fsp3) is 0.588. The summed E-state index contributed by atoms with van der Waals surface area (Å²) in [6, 6.07) is 11.0. The molecule has 1 aromatic carbocycles. The first kappa shape index (κ1) is 14.8. The van der Waals surface area contributed by atoms with E-state index < -0.39 is 0 Å². The monoisotopic (exact) mass is 303 g/mol. The second-order valence-electron chi connectivity index (χ2n) is 6.11. The van der Waals surface area contributed by atoms with Crippen LogP contribution in [-0.4, -0.2) is 47.1 Å². The minimum absolute atomic E-state index is 0.779. The van der Waals surface area contributed by atoms with Crippen LogP contribution in [0, 0.1) is 0 Å². The maximum absolute atomic E-state index is 5.55. The Bertz CT molecular complexity index is 448. The van der Waals surface area contributed by atoms with Crippen LogP contribution in [0.4, 0.5) is 5.69 Å². The van der Waals surface area contributed by atoms with Gasteiger partial charge in [-0.25, -0.2) is 0 Å². The second kappa shape index (κ2) is 7.23. The molecule has 2 heterocycles. The Morgan fingerprint density at radius 3 is 2.29 bits per heavy atom. The van der Waals surface area contributed by atoms with Crippen molar-refractivity contribution in [2.75, 3.05) is 31.5 Å². The number of piperidine rings is 2. The molecule has 0 radical (unpaired) electrons. The Kier molecular flexibility index (Phi) is 5.09. The van der Waals surface area contributed by atoms with E-state index in [1.165, 1.54) is 45.2 Å². The van der Waals surface area contributed by atoms with E-state index in [0.717, 1.165) is 29.9 Å². The summed E-state index contributed by atoms with van der Waals surface area (Å²) in [5.41, 5.74) is 1.08. The molecule has 114 valence electrons. The van der Waals surface area contributed by atoms with Gasteiger partial charge in [-0.1, -0.05) is 24.6 Å². The number of rotatable bonds is 2. The van der Waals surface area contributed by atoms with Gasteiger partial charge in [0.25, 0.3) is 0 Å². The van der Waals surface area contributed by atoms with Gasteiger partial charge in [-0.3, -0.25) is 0 Å². The lowest BCUT2D eigenvalue weighted by Gasteiger charge is -2.41. The molecule has 4 heteroatoms. The lowest BCUT2D eigenvalue weighted by molar-refractivity contribution is 0.115. The average molecular weight is 303 g/mol. The van der Waals surface area contributed by atoms with E-state index in [2.05, 4.69) is 27.2 Å². The van der Waals surface area contributed by atoms with Gasteiger partial charge in [0.05, 0.1) is 0 Å². The maximum atomic E-state index is 5.55. The number of likely N-dealkylation sites (tertiary alicyclic amines) is 2. The summed E-state index contributed by atoms with van der Waals surface area (Å²) in [6.07, 6.45) is 6.68. The molecule has 0 atom stereocenters. The molecule has 2 saturated heterocycles. The average Bonchev–Trinajstić information content (AvgIpc) is 2.57. The Morgan fingerprint density at radius 2 is 1.62 bits per heavy atom. The molecule has 3 nitrogen and oxygen atoms in total. The van der Waals surface area contributed by atoms with E-state index in [1.54, 1.807) is 0 Å². The lowest BCUT2D eigenvalue weighted by Crippen LogP contribution is -2.49. The van der Waals surface area contributed by atoms with Crippen molar-refractivity contribution in [3.63, 3.8) is 0 Å². The van der Waals surface area contributed by atoms with Gasteiger partial charge in [0.15, 0.2) is 5.11 Å². The van der Waals surface area contributed by atoms with Crippen molar-refractivity contribution in [3.05, 3.63) is 30.3 Å². The summed E-state index contributed by atoms with van der Waals surface area (Å²) in [6.45, 7) is 4.77. The van der Waals surface area contributed by atoms with Crippen molar-refractivity contribution in [3.8, 4) is 0 Å². The number of hydrogen-bond donors (Lipinski definition) is 1. The van der Waals surface area contributed by atoms with Gasteiger partial charge < -0.3 is 15.1 Å². The van der Waals surface area contributed by atoms with Crippen LogP contribution in [-0.2, 0) is 0 Å². The summed E-state index contributed by atoms with van der Waals surface area (Å²) in [5, 5.41) is 4.22. The number of thiocarbonyl (C=S) groups is 1. The van der Waals surface area contributed by atoms with Gasteiger partial charge in [0.2, 0.25) is 0 Å². The first-order valence-corrected chi connectivity index (χ1v) is 8.59. The number of benzene rings is 1. The van der Waals surface area contributed by atoms with E-state index >= 15 is 0 Å². The first-order valence-electron chi connectivity index (χ1n) is 8.18. The summed E-state index contributed by atoms with van der Waals surface area (Å²) in [7, 11) is 0. The Labute approximate surface area is 133 Å². The topological polar surface area (TPSA) is 18.5 Å². The summed E-state index contributed by atoms with van der Waals surface area (Å²) >= 11 is 5.55. The van der Waals surface area contributed by atoms with Crippen molar-refractivity contribution in [2.24, 2.45) is 0 Å². The van der Waals surface area contributed by atoms with Crippen LogP contribution in [0.5, 0.6) is 0 Å². The van der Waals surface area contributed by atoms with Crippen LogP contribution in [0.3, 0.4) is 0 Å². The minimum Gasteiger partial charge on any atom is -0.349 e. The molecular formula is C17H25N3S. The largest absolute Gasteiger partial charge is 0.349 e. The van der Waals surface area contributed by atoms with E-state index in [9.17, 15) is 0 Å². The van der Waals surface area contributed by atoms with Crippen LogP contribution in [0.15, 0.2) is 30.3 Å². The highest BCUT2D eigenvalue weighted by Crippen LogP contribution is 2.21. The highest BCUT2D eigenvalue weighted by molar-refractivity contribution is 7.80. The van der Waals surface area contributed by atoms with Gasteiger partial charge in [-0.05, 0) is 63.1 Å². The molecule has 0 bridgehead atoms. The molecule has 2 aliphatic rings. The number of para-hydroxylation sites is 1. The molecule has 1 N–H and O–H groups in total. The summed E-state index contributed by atoms with van der Waals surface area (Å²) in [5.74, 6) is 0. The Balaban J connectivity index is 1.47. The predicted molar refractivity (Wildman–Crippen MR) is 92.7 cm³/mol. The van der Waals surface area contributed by atoms with Gasteiger partial charge in [0.1, 0.15) is 0 Å². The van der Waals surface area contributed by atoms with Crippen molar-refractivity contribution >= 4 is 23.0 Å². The van der Waals surface area contributed by atoms with Gasteiger partial charge in [-0.15, -0.1) is 0 Å². The standard InChI is InChI=1S/C17H25N3S/c21-17(18-15-7-3-1-4-8-15)20-13-9-16(10-14-20)19-11-5-2-6-12-19/h1,3-4,7-8,16H,2,5-6,9-14H2,(H,18,21). The normalized spacial score (nSPS) is 21.2. The zero-order chi connectivity index (χ0) is 14.5. The van der Waals surface area contributed by atoms with Gasteiger partial charge in [0, 0.05) is 24.8 Å². The molecule has 3 rings (SSSR count). The van der Waals surface area contributed by atoms with Crippen LogP contribution < -0.4 is 5.32 Å². The molecule has 1 aromatic rings. The van der Waals surface area contributed by atoms with Crippen LogP contribution in [0.1, 0.15) is 32.1 Å². The number of nitrogens with one attached hydrogen (secondary N) is 1. The predicted octanol–water partition coefficient (Wildman–Crippen LogP) is 3.33. The van der Waals surface area contributed by atoms with Crippen LogP contribution in [0.2, 0.25) is 0 Å². The molecule has 2 fully saturated rings. The number of nitrogens with zero attached hydrogens (tertiary/aromatic N) is 2. The molecule has 0 amide bonds. The van der Waals surface area contributed by atoms with Crippen molar-refractivity contribution < 1.29 is 0 Å². The fourth-order valence-electron chi connectivity index (χ4n) is 3.44. The lowest BCUT2D eigenvalue weighted by atomic mass is 10.0. The smallest absolute Gasteiger partial charge is 0.173 e. The summed E-state index contributed by atoms with van der Waals surface area (Å²) in [4.78, 5) is 5.03. The Morgan fingerprint density at radius 1 is 0.952 bits per heavy atom. The number of anilines is 1. The van der Waals surface area contributed by atoms with Crippen LogP contribution in [0.25, 0.3) is 0 Å². The van der Waals surface area contributed by atoms with E-state index in [1.807, 2.05) is 18.2 Å². The van der Waals surface area contributed by atoms with Crippen molar-refractivity contribution in [1.82, 2.24) is 9.80 Å². The molecule has 0 saturated carbocycles. The van der Waals surface area contributed by atoms with Gasteiger partial charge in [-0.2, -0.15) is 0 Å². The molecule has 0 unspecified atom stereocenters. The highest BCUT2D eigenvalue weighted by atomic mass is 32.1. The van der Waals surface area contributed by atoms with Gasteiger partial charge >= 0.3 is 0 Å². The third-order valence-electron chi connectivity index (χ3n) is 4.68. The zero-order valence-electron chi connectivity index (χ0n) is 12.6. The minimum atomic E-state index is 0.779. The molecule has 21 heavy (non-hydrogen) atoms. The third-order valence-corrected chi connectivity index (χ3v) is 5.04. The van der Waals surface area contributed by atoms with Crippen molar-refractivity contribution in [1.29, 1.82) is 0 Å².